The van der Waals surface area contributed by atoms with E-state index in [4.69, 9.17) is 9.47 Å². The SMILES string of the molecule is O=C(c1ccccc1)N1CCC2(CC1)C[C@@H](N1CCOCC1)CCO2. The summed E-state index contributed by atoms with van der Waals surface area (Å²) in [6.45, 7) is 6.22. The Hall–Kier alpha value is -1.43. The largest absolute Gasteiger partial charge is 0.379 e. The van der Waals surface area contributed by atoms with Crippen molar-refractivity contribution in [3.8, 4) is 0 Å². The second-order valence-corrected chi connectivity index (χ2v) is 7.48. The maximum Gasteiger partial charge on any atom is 0.253 e. The number of ether oxygens (including phenoxy) is 2. The second kappa shape index (κ2) is 7.44. The van der Waals surface area contributed by atoms with Crippen molar-refractivity contribution in [1.82, 2.24) is 9.80 Å². The lowest BCUT2D eigenvalue weighted by Gasteiger charge is -2.49. The molecule has 0 radical (unpaired) electrons. The van der Waals surface area contributed by atoms with Gasteiger partial charge in [-0.25, -0.2) is 0 Å². The van der Waals surface area contributed by atoms with E-state index >= 15 is 0 Å². The number of likely N-dealkylation sites (tertiary alicyclic amines) is 1. The van der Waals surface area contributed by atoms with Crippen LogP contribution in [0.2, 0.25) is 0 Å². The number of hydrogen-bond acceptors (Lipinski definition) is 4. The van der Waals surface area contributed by atoms with Crippen molar-refractivity contribution in [3.63, 3.8) is 0 Å². The standard InChI is InChI=1S/C20H28N2O3/c23-19(17-4-2-1-3-5-17)22-9-7-20(8-10-22)16-18(6-13-25-20)21-11-14-24-15-12-21/h1-5,18H,6-16H2/t18-/m0/s1. The first-order valence-electron chi connectivity index (χ1n) is 9.56. The van der Waals surface area contributed by atoms with Crippen LogP contribution in [0, 0.1) is 0 Å². The number of rotatable bonds is 2. The van der Waals surface area contributed by atoms with Crippen LogP contribution in [0.4, 0.5) is 0 Å². The monoisotopic (exact) mass is 344 g/mol. The minimum Gasteiger partial charge on any atom is -0.379 e. The Bertz CT molecular complexity index is 578. The van der Waals surface area contributed by atoms with Crippen molar-refractivity contribution in [2.45, 2.75) is 37.3 Å². The minimum absolute atomic E-state index is 0.0330. The Morgan fingerprint density at radius 1 is 1.00 bits per heavy atom. The van der Waals surface area contributed by atoms with Crippen molar-refractivity contribution in [1.29, 1.82) is 0 Å². The van der Waals surface area contributed by atoms with Crippen LogP contribution in [0.5, 0.6) is 0 Å². The first-order valence-corrected chi connectivity index (χ1v) is 9.56. The number of nitrogens with zero attached hydrogens (tertiary/aromatic N) is 2. The maximum absolute atomic E-state index is 12.6. The Balaban J connectivity index is 1.36. The molecule has 3 saturated heterocycles. The lowest BCUT2D eigenvalue weighted by Crippen LogP contribution is -2.55. The number of carbonyl (C=O) groups is 1. The fraction of sp³-hybridized carbons (Fsp3) is 0.650. The van der Waals surface area contributed by atoms with Crippen LogP contribution < -0.4 is 0 Å². The summed E-state index contributed by atoms with van der Waals surface area (Å²) in [6, 6.07) is 10.2. The molecule has 0 unspecified atom stereocenters. The van der Waals surface area contributed by atoms with Crippen LogP contribution in [0.3, 0.4) is 0 Å². The van der Waals surface area contributed by atoms with E-state index in [0.717, 1.165) is 77.2 Å². The van der Waals surface area contributed by atoms with E-state index in [0.29, 0.717) is 6.04 Å². The summed E-state index contributed by atoms with van der Waals surface area (Å²) >= 11 is 0. The molecule has 1 amide bonds. The van der Waals surface area contributed by atoms with Gasteiger partial charge in [-0.15, -0.1) is 0 Å². The molecule has 25 heavy (non-hydrogen) atoms. The molecule has 1 atom stereocenters. The molecule has 3 fully saturated rings. The maximum atomic E-state index is 12.6. The summed E-state index contributed by atoms with van der Waals surface area (Å²) in [5.74, 6) is 0.149. The molecule has 136 valence electrons. The summed E-state index contributed by atoms with van der Waals surface area (Å²) < 4.78 is 11.8. The first-order chi connectivity index (χ1) is 12.3. The van der Waals surface area contributed by atoms with E-state index in [1.54, 1.807) is 0 Å². The van der Waals surface area contributed by atoms with Gasteiger partial charge < -0.3 is 14.4 Å². The molecule has 1 spiro atoms. The summed E-state index contributed by atoms with van der Waals surface area (Å²) in [4.78, 5) is 17.2. The summed E-state index contributed by atoms with van der Waals surface area (Å²) in [5, 5.41) is 0. The number of amides is 1. The van der Waals surface area contributed by atoms with Crippen molar-refractivity contribution in [2.24, 2.45) is 0 Å². The Morgan fingerprint density at radius 2 is 1.72 bits per heavy atom. The molecule has 3 heterocycles. The van der Waals surface area contributed by atoms with Gasteiger partial charge in [0.25, 0.3) is 5.91 Å². The summed E-state index contributed by atoms with van der Waals surface area (Å²) in [5.41, 5.74) is 0.753. The van der Waals surface area contributed by atoms with Gasteiger partial charge in [0, 0.05) is 44.4 Å². The lowest BCUT2D eigenvalue weighted by molar-refractivity contribution is -0.136. The summed E-state index contributed by atoms with van der Waals surface area (Å²) in [7, 11) is 0. The molecule has 0 aromatic heterocycles. The van der Waals surface area contributed by atoms with Crippen molar-refractivity contribution < 1.29 is 14.3 Å². The normalized spacial score (nSPS) is 27.4. The smallest absolute Gasteiger partial charge is 0.253 e. The van der Waals surface area contributed by atoms with Crippen molar-refractivity contribution in [3.05, 3.63) is 35.9 Å². The topological polar surface area (TPSA) is 42.0 Å². The number of morpholine rings is 1. The zero-order valence-corrected chi connectivity index (χ0v) is 14.9. The molecular formula is C20H28N2O3. The summed E-state index contributed by atoms with van der Waals surface area (Å²) in [6.07, 6.45) is 4.12. The van der Waals surface area contributed by atoms with Gasteiger partial charge in [-0.3, -0.25) is 9.69 Å². The van der Waals surface area contributed by atoms with Gasteiger partial charge >= 0.3 is 0 Å². The van der Waals surface area contributed by atoms with Crippen molar-refractivity contribution >= 4 is 5.91 Å². The van der Waals surface area contributed by atoms with Crippen LogP contribution in [0.15, 0.2) is 30.3 Å². The molecule has 3 aliphatic rings. The third-order valence-corrected chi connectivity index (χ3v) is 6.01. The highest BCUT2D eigenvalue weighted by Crippen LogP contribution is 2.37. The molecule has 0 aliphatic carbocycles. The number of hydrogen-bond donors (Lipinski definition) is 0. The van der Waals surface area contributed by atoms with Crippen LogP contribution in [-0.2, 0) is 9.47 Å². The highest BCUT2D eigenvalue weighted by molar-refractivity contribution is 5.94. The molecule has 3 aliphatic heterocycles. The van der Waals surface area contributed by atoms with Gasteiger partial charge in [-0.2, -0.15) is 0 Å². The molecule has 5 heteroatoms. The molecular weight excluding hydrogens is 316 g/mol. The Kier molecular flexibility index (Phi) is 5.06. The van der Waals surface area contributed by atoms with Crippen LogP contribution >= 0.6 is 0 Å². The highest BCUT2D eigenvalue weighted by atomic mass is 16.5. The molecule has 5 nitrogen and oxygen atoms in total. The van der Waals surface area contributed by atoms with E-state index in [1.807, 2.05) is 35.2 Å². The van der Waals surface area contributed by atoms with Gasteiger partial charge in [0.15, 0.2) is 0 Å². The fourth-order valence-corrected chi connectivity index (χ4v) is 4.49. The van der Waals surface area contributed by atoms with Gasteiger partial charge in [-0.05, 0) is 37.8 Å². The van der Waals surface area contributed by atoms with Gasteiger partial charge in [0.05, 0.1) is 18.8 Å². The second-order valence-electron chi connectivity index (χ2n) is 7.48. The van der Waals surface area contributed by atoms with Crippen LogP contribution in [-0.4, -0.2) is 73.3 Å². The zero-order valence-electron chi connectivity index (χ0n) is 14.9. The number of benzene rings is 1. The molecule has 0 N–H and O–H groups in total. The Morgan fingerprint density at radius 3 is 2.44 bits per heavy atom. The quantitative estimate of drug-likeness (QED) is 0.825. The lowest BCUT2D eigenvalue weighted by atomic mass is 9.81. The minimum atomic E-state index is -0.0330. The van der Waals surface area contributed by atoms with E-state index in [1.165, 1.54) is 0 Å². The number of carbonyl (C=O) groups excluding carboxylic acids is 1. The zero-order chi connectivity index (χ0) is 17.1. The molecule has 0 saturated carbocycles. The van der Waals surface area contributed by atoms with Gasteiger partial charge in [0.2, 0.25) is 0 Å². The predicted molar refractivity (Wildman–Crippen MR) is 95.7 cm³/mol. The third kappa shape index (κ3) is 3.73. The average molecular weight is 344 g/mol. The molecule has 0 bridgehead atoms. The van der Waals surface area contributed by atoms with E-state index in [-0.39, 0.29) is 11.5 Å². The molecule has 4 rings (SSSR count). The van der Waals surface area contributed by atoms with Crippen LogP contribution in [0.1, 0.15) is 36.0 Å². The molecule has 1 aromatic rings. The van der Waals surface area contributed by atoms with E-state index in [9.17, 15) is 4.79 Å². The predicted octanol–water partition coefficient (Wildman–Crippen LogP) is 2.17. The Labute approximate surface area is 149 Å². The third-order valence-electron chi connectivity index (χ3n) is 6.01. The van der Waals surface area contributed by atoms with Crippen LogP contribution in [0.25, 0.3) is 0 Å². The van der Waals surface area contributed by atoms with E-state index in [2.05, 4.69) is 4.90 Å². The average Bonchev–Trinajstić information content (AvgIpc) is 2.69. The number of piperidine rings is 1. The van der Waals surface area contributed by atoms with Gasteiger partial charge in [-0.1, -0.05) is 18.2 Å². The molecule has 1 aromatic carbocycles. The highest BCUT2D eigenvalue weighted by Gasteiger charge is 2.42. The van der Waals surface area contributed by atoms with E-state index < -0.39 is 0 Å². The first kappa shape index (κ1) is 17.0. The van der Waals surface area contributed by atoms with Crippen molar-refractivity contribution in [2.75, 3.05) is 46.0 Å². The fourth-order valence-electron chi connectivity index (χ4n) is 4.49. The van der Waals surface area contributed by atoms with Gasteiger partial charge in [0.1, 0.15) is 0 Å².